The highest BCUT2D eigenvalue weighted by Crippen LogP contribution is 2.32. The first-order chi connectivity index (χ1) is 9.40. The number of hydrogen-bond acceptors (Lipinski definition) is 3. The zero-order valence-electron chi connectivity index (χ0n) is 11.7. The molecule has 1 saturated carbocycles. The summed E-state index contributed by atoms with van der Waals surface area (Å²) in [6.45, 7) is 1.94. The molecule has 0 spiro atoms. The maximum absolute atomic E-state index is 12.3. The van der Waals surface area contributed by atoms with Gasteiger partial charge in [0.2, 0.25) is 11.8 Å². The Morgan fingerprint density at radius 2 is 1.90 bits per heavy atom. The summed E-state index contributed by atoms with van der Waals surface area (Å²) >= 11 is 0. The van der Waals surface area contributed by atoms with Crippen molar-refractivity contribution in [3.8, 4) is 0 Å². The fourth-order valence-electron chi connectivity index (χ4n) is 2.74. The van der Waals surface area contributed by atoms with E-state index >= 15 is 0 Å². The largest absolute Gasteiger partial charge is 0.366 e. The van der Waals surface area contributed by atoms with Gasteiger partial charge in [-0.05, 0) is 44.0 Å². The number of amides is 2. The second kappa shape index (κ2) is 5.63. The van der Waals surface area contributed by atoms with E-state index in [-0.39, 0.29) is 11.8 Å². The Kier molecular flexibility index (Phi) is 4.09. The molecule has 0 saturated heterocycles. The van der Waals surface area contributed by atoms with Gasteiger partial charge in [0, 0.05) is 16.8 Å². The average Bonchev–Trinajstić information content (AvgIpc) is 2.38. The molecular formula is C15H21N3O2. The van der Waals surface area contributed by atoms with Crippen LogP contribution >= 0.6 is 0 Å². The SMILES string of the molecule is CC1(N)CCCCC1C(=O)Nc1ccc(C(N)=O)cc1. The van der Waals surface area contributed by atoms with Gasteiger partial charge in [0.15, 0.2) is 0 Å². The molecule has 0 aliphatic heterocycles. The molecule has 108 valence electrons. The predicted octanol–water partition coefficient (Wildman–Crippen LogP) is 1.63. The highest BCUT2D eigenvalue weighted by molar-refractivity contribution is 5.95. The normalized spacial score (nSPS) is 26.0. The Bertz CT molecular complexity index is 508. The fourth-order valence-corrected chi connectivity index (χ4v) is 2.74. The minimum absolute atomic E-state index is 0.0541. The number of primary amides is 1. The van der Waals surface area contributed by atoms with Gasteiger partial charge in [0.1, 0.15) is 0 Å². The Balaban J connectivity index is 2.05. The summed E-state index contributed by atoms with van der Waals surface area (Å²) in [6.07, 6.45) is 3.79. The van der Waals surface area contributed by atoms with Crippen LogP contribution in [-0.4, -0.2) is 17.4 Å². The van der Waals surface area contributed by atoms with Gasteiger partial charge >= 0.3 is 0 Å². The summed E-state index contributed by atoms with van der Waals surface area (Å²) in [5.41, 5.74) is 12.0. The lowest BCUT2D eigenvalue weighted by Gasteiger charge is -2.37. The molecule has 1 aliphatic carbocycles. The second-order valence-electron chi connectivity index (χ2n) is 5.74. The van der Waals surface area contributed by atoms with E-state index in [1.54, 1.807) is 24.3 Å². The summed E-state index contributed by atoms with van der Waals surface area (Å²) in [4.78, 5) is 23.3. The van der Waals surface area contributed by atoms with Gasteiger partial charge in [-0.25, -0.2) is 0 Å². The second-order valence-corrected chi connectivity index (χ2v) is 5.74. The van der Waals surface area contributed by atoms with Crippen LogP contribution in [0.25, 0.3) is 0 Å². The van der Waals surface area contributed by atoms with E-state index in [1.165, 1.54) is 0 Å². The molecule has 0 radical (unpaired) electrons. The summed E-state index contributed by atoms with van der Waals surface area (Å²) in [5.74, 6) is -0.710. The molecular weight excluding hydrogens is 254 g/mol. The third-order valence-electron chi connectivity index (χ3n) is 4.01. The average molecular weight is 275 g/mol. The number of hydrogen-bond donors (Lipinski definition) is 3. The van der Waals surface area contributed by atoms with Crippen LogP contribution in [0.4, 0.5) is 5.69 Å². The minimum atomic E-state index is -0.482. The third-order valence-corrected chi connectivity index (χ3v) is 4.01. The van der Waals surface area contributed by atoms with E-state index in [0.29, 0.717) is 11.3 Å². The highest BCUT2D eigenvalue weighted by Gasteiger charge is 2.37. The van der Waals surface area contributed by atoms with Gasteiger partial charge < -0.3 is 16.8 Å². The van der Waals surface area contributed by atoms with Crippen molar-refractivity contribution < 1.29 is 9.59 Å². The van der Waals surface area contributed by atoms with Crippen LogP contribution in [0, 0.1) is 5.92 Å². The number of carbonyl (C=O) groups is 2. The van der Waals surface area contributed by atoms with Crippen LogP contribution in [0.1, 0.15) is 43.0 Å². The number of nitrogens with one attached hydrogen (secondary N) is 1. The lowest BCUT2D eigenvalue weighted by atomic mass is 9.74. The van der Waals surface area contributed by atoms with Gasteiger partial charge in [0.25, 0.3) is 0 Å². The third kappa shape index (κ3) is 3.17. The van der Waals surface area contributed by atoms with Gasteiger partial charge in [-0.2, -0.15) is 0 Å². The molecule has 1 fully saturated rings. The molecule has 5 nitrogen and oxygen atoms in total. The van der Waals surface area contributed by atoms with E-state index < -0.39 is 11.4 Å². The van der Waals surface area contributed by atoms with Gasteiger partial charge in [-0.3, -0.25) is 9.59 Å². The molecule has 2 rings (SSSR count). The molecule has 2 unspecified atom stereocenters. The van der Waals surface area contributed by atoms with Gasteiger partial charge in [-0.15, -0.1) is 0 Å². The first-order valence-corrected chi connectivity index (χ1v) is 6.90. The summed E-state index contributed by atoms with van der Waals surface area (Å²) in [6, 6.07) is 6.55. The van der Waals surface area contributed by atoms with Crippen molar-refractivity contribution in [3.63, 3.8) is 0 Å². The lowest BCUT2D eigenvalue weighted by molar-refractivity contribution is -0.122. The molecule has 5 N–H and O–H groups in total. The van der Waals surface area contributed by atoms with E-state index in [2.05, 4.69) is 5.32 Å². The van der Waals surface area contributed by atoms with Gasteiger partial charge in [-0.1, -0.05) is 12.8 Å². The van der Waals surface area contributed by atoms with Crippen LogP contribution in [0.2, 0.25) is 0 Å². The molecule has 1 aromatic rings. The van der Waals surface area contributed by atoms with E-state index in [4.69, 9.17) is 11.5 Å². The number of carbonyl (C=O) groups excluding carboxylic acids is 2. The molecule has 2 amide bonds. The van der Waals surface area contributed by atoms with Crippen LogP contribution in [0.5, 0.6) is 0 Å². The Morgan fingerprint density at radius 1 is 1.25 bits per heavy atom. The number of benzene rings is 1. The minimum Gasteiger partial charge on any atom is -0.366 e. The number of nitrogens with two attached hydrogens (primary N) is 2. The van der Waals surface area contributed by atoms with E-state index in [1.807, 2.05) is 6.92 Å². The maximum Gasteiger partial charge on any atom is 0.248 e. The Morgan fingerprint density at radius 3 is 2.45 bits per heavy atom. The van der Waals surface area contributed by atoms with E-state index in [9.17, 15) is 9.59 Å². The molecule has 0 aromatic heterocycles. The van der Waals surface area contributed by atoms with E-state index in [0.717, 1.165) is 25.7 Å². The molecule has 20 heavy (non-hydrogen) atoms. The Labute approximate surface area is 118 Å². The molecule has 5 heteroatoms. The topological polar surface area (TPSA) is 98.2 Å². The van der Waals surface area contributed by atoms with Gasteiger partial charge in [0.05, 0.1) is 5.92 Å². The molecule has 2 atom stereocenters. The van der Waals surface area contributed by atoms with Crippen LogP contribution in [0.15, 0.2) is 24.3 Å². The zero-order chi connectivity index (χ0) is 14.8. The lowest BCUT2D eigenvalue weighted by Crippen LogP contribution is -2.51. The van der Waals surface area contributed by atoms with Crippen LogP contribution < -0.4 is 16.8 Å². The van der Waals surface area contributed by atoms with Crippen molar-refractivity contribution >= 4 is 17.5 Å². The van der Waals surface area contributed by atoms with Crippen molar-refractivity contribution in [1.82, 2.24) is 0 Å². The fraction of sp³-hybridized carbons (Fsp3) is 0.467. The standard InChI is InChI=1S/C15H21N3O2/c1-15(17)9-3-2-4-12(15)14(20)18-11-7-5-10(6-8-11)13(16)19/h5-8,12H,2-4,9,17H2,1H3,(H2,16,19)(H,18,20). The number of anilines is 1. The van der Waals surface area contributed by atoms with Crippen LogP contribution in [-0.2, 0) is 4.79 Å². The summed E-state index contributed by atoms with van der Waals surface area (Å²) in [5, 5.41) is 2.86. The first kappa shape index (κ1) is 14.5. The van der Waals surface area contributed by atoms with Crippen molar-refractivity contribution in [2.75, 3.05) is 5.32 Å². The van der Waals surface area contributed by atoms with Crippen molar-refractivity contribution in [1.29, 1.82) is 0 Å². The van der Waals surface area contributed by atoms with Crippen molar-refractivity contribution in [2.24, 2.45) is 17.4 Å². The molecule has 0 bridgehead atoms. The maximum atomic E-state index is 12.3. The zero-order valence-corrected chi connectivity index (χ0v) is 11.7. The molecule has 1 aliphatic rings. The molecule has 1 aromatic carbocycles. The monoisotopic (exact) mass is 275 g/mol. The first-order valence-electron chi connectivity index (χ1n) is 6.90. The predicted molar refractivity (Wildman–Crippen MR) is 78.1 cm³/mol. The Hall–Kier alpha value is -1.88. The highest BCUT2D eigenvalue weighted by atomic mass is 16.2. The summed E-state index contributed by atoms with van der Waals surface area (Å²) < 4.78 is 0. The van der Waals surface area contributed by atoms with Crippen LogP contribution in [0.3, 0.4) is 0 Å². The van der Waals surface area contributed by atoms with Crippen molar-refractivity contribution in [3.05, 3.63) is 29.8 Å². The smallest absolute Gasteiger partial charge is 0.248 e. The quantitative estimate of drug-likeness (QED) is 0.782. The summed E-state index contributed by atoms with van der Waals surface area (Å²) in [7, 11) is 0. The number of rotatable bonds is 3. The van der Waals surface area contributed by atoms with Crippen molar-refractivity contribution in [2.45, 2.75) is 38.1 Å². The molecule has 0 heterocycles.